The number of benzene rings is 2. The highest BCUT2D eigenvalue weighted by Crippen LogP contribution is 2.44. The van der Waals surface area contributed by atoms with Crippen LogP contribution < -0.4 is 26.6 Å². The van der Waals surface area contributed by atoms with Crippen LogP contribution in [0.3, 0.4) is 0 Å². The standard InChI is InChI=1S/C36H34Cl2F2N6O5/c1-45-26-15-25(32(39)40)43-33(29(26)35(48)46(2)36(45)49)42-23-9-5-7-19(31(23)38)18-6-4-8-20(30(18)37)24-14-17-10-11-22(28(17)34(44-24)50-3)41-21-12-13-51-16-27(21)47/h4-9,14-15,21-22,27,32,41,47H,10-13,16H2,1-3H3,(H,42,43). The SMILES string of the molecule is COc1nc(-c2cccc(-c3cccc(Nc4nc(C(F)F)cc5c4c(=O)n(C)c(=O)n5C)c3Cl)c2Cl)cc2c1C(NC1CCOCC1O)CC2. The summed E-state index contributed by atoms with van der Waals surface area (Å²) in [6.07, 6.45) is -1.26. The molecule has 1 aliphatic carbocycles. The maximum atomic E-state index is 13.9. The molecule has 0 bridgehead atoms. The van der Waals surface area contributed by atoms with Crippen LogP contribution in [-0.2, 0) is 25.3 Å². The van der Waals surface area contributed by atoms with E-state index in [9.17, 15) is 23.5 Å². The molecule has 1 aliphatic heterocycles. The molecular weight excluding hydrogens is 705 g/mol. The van der Waals surface area contributed by atoms with E-state index in [0.717, 1.165) is 39.2 Å². The van der Waals surface area contributed by atoms with Gasteiger partial charge in [0.05, 0.1) is 46.8 Å². The summed E-state index contributed by atoms with van der Waals surface area (Å²) >= 11 is 14.1. The van der Waals surface area contributed by atoms with Crippen molar-refractivity contribution in [2.24, 2.45) is 14.1 Å². The minimum atomic E-state index is -2.97. The Labute approximate surface area is 300 Å². The van der Waals surface area contributed by atoms with Gasteiger partial charge in [-0.05, 0) is 43.0 Å². The van der Waals surface area contributed by atoms with Gasteiger partial charge in [-0.3, -0.25) is 13.9 Å². The van der Waals surface area contributed by atoms with E-state index in [1.807, 2.05) is 18.2 Å². The van der Waals surface area contributed by atoms with E-state index >= 15 is 0 Å². The third-order valence-electron chi connectivity index (χ3n) is 9.61. The Balaban J connectivity index is 1.26. The van der Waals surface area contributed by atoms with Gasteiger partial charge < -0.3 is 25.2 Å². The zero-order chi connectivity index (χ0) is 36.1. The van der Waals surface area contributed by atoms with Gasteiger partial charge in [0.1, 0.15) is 16.9 Å². The van der Waals surface area contributed by atoms with E-state index in [0.29, 0.717) is 52.9 Å². The number of halogens is 4. The fraction of sp³-hybridized carbons (Fsp3) is 0.333. The van der Waals surface area contributed by atoms with Crippen molar-refractivity contribution in [3.63, 3.8) is 0 Å². The fourth-order valence-electron chi connectivity index (χ4n) is 6.95. The van der Waals surface area contributed by atoms with E-state index in [-0.39, 0.29) is 39.5 Å². The average Bonchev–Trinajstić information content (AvgIpc) is 3.53. The molecule has 266 valence electrons. The lowest BCUT2D eigenvalue weighted by atomic mass is 9.99. The third-order valence-corrected chi connectivity index (χ3v) is 10.4. The first-order chi connectivity index (χ1) is 24.5. The van der Waals surface area contributed by atoms with Crippen molar-refractivity contribution in [3.05, 3.63) is 96.2 Å². The smallest absolute Gasteiger partial charge is 0.330 e. The van der Waals surface area contributed by atoms with Crippen molar-refractivity contribution in [1.82, 2.24) is 24.4 Å². The number of hydrogen-bond acceptors (Lipinski definition) is 9. The first-order valence-electron chi connectivity index (χ1n) is 16.3. The van der Waals surface area contributed by atoms with Crippen LogP contribution in [0.5, 0.6) is 5.88 Å². The Morgan fingerprint density at radius 3 is 2.45 bits per heavy atom. The fourth-order valence-corrected chi connectivity index (χ4v) is 7.55. The molecule has 3 unspecified atom stereocenters. The number of alkyl halides is 2. The molecule has 3 N–H and O–H groups in total. The van der Waals surface area contributed by atoms with Crippen molar-refractivity contribution in [2.75, 3.05) is 25.6 Å². The summed E-state index contributed by atoms with van der Waals surface area (Å²) < 4.78 is 41.0. The largest absolute Gasteiger partial charge is 0.481 e. The molecule has 7 rings (SSSR count). The molecule has 5 aromatic rings. The number of aromatic nitrogens is 4. The lowest BCUT2D eigenvalue weighted by molar-refractivity contribution is -0.0304. The van der Waals surface area contributed by atoms with Crippen molar-refractivity contribution in [1.29, 1.82) is 0 Å². The quantitative estimate of drug-likeness (QED) is 0.173. The molecule has 0 amide bonds. The van der Waals surface area contributed by atoms with Crippen LogP contribution in [0.1, 0.15) is 42.1 Å². The number of aliphatic hydroxyl groups excluding tert-OH is 1. The van der Waals surface area contributed by atoms with E-state index in [4.69, 9.17) is 37.7 Å². The predicted molar refractivity (Wildman–Crippen MR) is 192 cm³/mol. The van der Waals surface area contributed by atoms with Gasteiger partial charge >= 0.3 is 5.69 Å². The minimum absolute atomic E-state index is 0.000484. The van der Waals surface area contributed by atoms with Crippen LogP contribution in [0.15, 0.2) is 58.1 Å². The molecular formula is C36H34Cl2F2N6O5. The van der Waals surface area contributed by atoms with Crippen LogP contribution in [0, 0.1) is 0 Å². The number of rotatable bonds is 8. The molecule has 3 atom stereocenters. The van der Waals surface area contributed by atoms with Gasteiger partial charge in [0.25, 0.3) is 12.0 Å². The normalized spacial score (nSPS) is 18.7. The molecule has 15 heteroatoms. The zero-order valence-electron chi connectivity index (χ0n) is 27.8. The molecule has 0 spiro atoms. The summed E-state index contributed by atoms with van der Waals surface area (Å²) in [7, 11) is 4.27. The number of anilines is 2. The van der Waals surface area contributed by atoms with Gasteiger partial charge in [-0.15, -0.1) is 0 Å². The van der Waals surface area contributed by atoms with Crippen LogP contribution in [-0.4, -0.2) is 56.7 Å². The van der Waals surface area contributed by atoms with Crippen LogP contribution in [0.25, 0.3) is 33.3 Å². The second kappa shape index (κ2) is 14.0. The maximum Gasteiger partial charge on any atom is 0.330 e. The molecule has 3 aromatic heterocycles. The zero-order valence-corrected chi connectivity index (χ0v) is 29.4. The molecule has 0 saturated carbocycles. The van der Waals surface area contributed by atoms with Crippen LogP contribution >= 0.6 is 23.2 Å². The highest BCUT2D eigenvalue weighted by Gasteiger charge is 2.33. The second-order valence-corrected chi connectivity index (χ2v) is 13.4. The van der Waals surface area contributed by atoms with Crippen LogP contribution in [0.2, 0.25) is 10.0 Å². The number of pyridine rings is 2. The summed E-state index contributed by atoms with van der Waals surface area (Å²) in [5.41, 5.74) is 2.67. The Morgan fingerprint density at radius 1 is 1.00 bits per heavy atom. The Hall–Kier alpha value is -4.40. The molecule has 2 aromatic carbocycles. The number of aliphatic hydroxyl groups is 1. The summed E-state index contributed by atoms with van der Waals surface area (Å²) in [5, 5.41) is 17.5. The highest BCUT2D eigenvalue weighted by molar-refractivity contribution is 6.39. The van der Waals surface area contributed by atoms with Gasteiger partial charge in [-0.2, -0.15) is 0 Å². The van der Waals surface area contributed by atoms with Crippen LogP contribution in [0.4, 0.5) is 20.3 Å². The summed E-state index contributed by atoms with van der Waals surface area (Å²) in [4.78, 5) is 34.7. The molecule has 0 radical (unpaired) electrons. The lowest BCUT2D eigenvalue weighted by Gasteiger charge is -2.31. The van der Waals surface area contributed by atoms with Crippen molar-refractivity contribution in [3.8, 4) is 28.3 Å². The van der Waals surface area contributed by atoms with E-state index in [1.165, 1.54) is 14.1 Å². The van der Waals surface area contributed by atoms with Gasteiger partial charge in [-0.1, -0.05) is 53.5 Å². The highest BCUT2D eigenvalue weighted by atomic mass is 35.5. The average molecular weight is 740 g/mol. The lowest BCUT2D eigenvalue weighted by Crippen LogP contribution is -2.47. The van der Waals surface area contributed by atoms with E-state index in [2.05, 4.69) is 15.6 Å². The molecule has 2 aliphatic rings. The monoisotopic (exact) mass is 738 g/mol. The van der Waals surface area contributed by atoms with Gasteiger partial charge in [-0.25, -0.2) is 23.5 Å². The van der Waals surface area contributed by atoms with Gasteiger partial charge in [0.2, 0.25) is 5.88 Å². The summed E-state index contributed by atoms with van der Waals surface area (Å²) in [5.74, 6) is 0.297. The molecule has 1 fully saturated rings. The Kier molecular flexibility index (Phi) is 9.59. The first kappa shape index (κ1) is 35.0. The van der Waals surface area contributed by atoms with Crippen molar-refractivity contribution >= 4 is 45.6 Å². The van der Waals surface area contributed by atoms with Crippen molar-refractivity contribution in [2.45, 2.75) is 43.9 Å². The second-order valence-electron chi connectivity index (χ2n) is 12.6. The van der Waals surface area contributed by atoms with E-state index < -0.39 is 29.5 Å². The predicted octanol–water partition coefficient (Wildman–Crippen LogP) is 6.08. The van der Waals surface area contributed by atoms with E-state index in [1.54, 1.807) is 31.4 Å². The number of fused-ring (bicyclic) bond motifs is 2. The van der Waals surface area contributed by atoms with Crippen molar-refractivity contribution < 1.29 is 23.4 Å². The van der Waals surface area contributed by atoms with Gasteiger partial charge in [0, 0.05) is 55.0 Å². The molecule has 4 heterocycles. The molecule has 11 nitrogen and oxygen atoms in total. The topological polar surface area (TPSA) is 133 Å². The molecule has 1 saturated heterocycles. The Morgan fingerprint density at radius 2 is 1.73 bits per heavy atom. The summed E-state index contributed by atoms with van der Waals surface area (Å²) in [6.45, 7) is 0.882. The Bertz CT molecular complexity index is 2300. The third kappa shape index (κ3) is 6.27. The maximum absolute atomic E-state index is 13.9. The number of methoxy groups -OCH3 is 1. The number of ether oxygens (including phenoxy) is 2. The molecule has 51 heavy (non-hydrogen) atoms. The van der Waals surface area contributed by atoms with Gasteiger partial charge in [0.15, 0.2) is 0 Å². The number of aryl methyl sites for hydroxylation is 2. The number of nitrogens with zero attached hydrogens (tertiary/aromatic N) is 4. The summed E-state index contributed by atoms with van der Waals surface area (Å²) in [6, 6.07) is 13.5. The number of nitrogens with one attached hydrogen (secondary N) is 2. The minimum Gasteiger partial charge on any atom is -0.481 e. The number of hydrogen-bond donors (Lipinski definition) is 3. The first-order valence-corrected chi connectivity index (χ1v) is 17.1.